The lowest BCUT2D eigenvalue weighted by molar-refractivity contribution is -0.113. The van der Waals surface area contributed by atoms with Crippen LogP contribution in [-0.4, -0.2) is 28.0 Å². The molecule has 6 heteroatoms. The number of aromatic carboxylic acids is 1. The third-order valence-corrected chi connectivity index (χ3v) is 3.95. The molecule has 0 aliphatic heterocycles. The summed E-state index contributed by atoms with van der Waals surface area (Å²) in [5, 5.41) is 12.4. The van der Waals surface area contributed by atoms with Gasteiger partial charge in [-0.05, 0) is 18.2 Å². The molecule has 0 aromatic carbocycles. The minimum atomic E-state index is -1.01. The van der Waals surface area contributed by atoms with Crippen LogP contribution in [0.2, 0.25) is 0 Å². The standard InChI is InChI=1S/C11H15NO3S2/c1-6(2)16-5-9(13)12-10-8(11(14)15)4-7(3)17-10/h4,6H,5H2,1-3H3,(H,12,13)(H,14,15). The van der Waals surface area contributed by atoms with Gasteiger partial charge in [0.25, 0.3) is 0 Å². The topological polar surface area (TPSA) is 66.4 Å². The van der Waals surface area contributed by atoms with Crippen molar-refractivity contribution in [2.45, 2.75) is 26.0 Å². The summed E-state index contributed by atoms with van der Waals surface area (Å²) >= 11 is 2.81. The van der Waals surface area contributed by atoms with Gasteiger partial charge in [-0.3, -0.25) is 4.79 Å². The summed E-state index contributed by atoms with van der Waals surface area (Å²) in [6, 6.07) is 1.57. The second-order valence-corrected chi connectivity index (χ2v) is 6.63. The predicted molar refractivity (Wildman–Crippen MR) is 72.2 cm³/mol. The summed E-state index contributed by atoms with van der Waals surface area (Å²) in [6.45, 7) is 5.83. The Labute approximate surface area is 108 Å². The molecule has 0 saturated carbocycles. The predicted octanol–water partition coefficient (Wildman–Crippen LogP) is 2.83. The number of aryl methyl sites for hydroxylation is 1. The zero-order valence-corrected chi connectivity index (χ0v) is 11.6. The quantitative estimate of drug-likeness (QED) is 0.865. The van der Waals surface area contributed by atoms with Gasteiger partial charge in [-0.15, -0.1) is 23.1 Å². The van der Waals surface area contributed by atoms with E-state index in [0.717, 1.165) is 4.88 Å². The van der Waals surface area contributed by atoms with Crippen molar-refractivity contribution in [2.75, 3.05) is 11.1 Å². The molecule has 1 aromatic heterocycles. The van der Waals surface area contributed by atoms with E-state index in [4.69, 9.17) is 5.11 Å². The fourth-order valence-corrected chi connectivity index (χ4v) is 2.65. The van der Waals surface area contributed by atoms with Crippen LogP contribution >= 0.6 is 23.1 Å². The summed E-state index contributed by atoms with van der Waals surface area (Å²) in [6.07, 6.45) is 0. The molecule has 0 aliphatic rings. The number of anilines is 1. The number of carbonyl (C=O) groups excluding carboxylic acids is 1. The maximum atomic E-state index is 11.6. The monoisotopic (exact) mass is 273 g/mol. The highest BCUT2D eigenvalue weighted by molar-refractivity contribution is 8.00. The minimum absolute atomic E-state index is 0.159. The number of hydrogen-bond donors (Lipinski definition) is 2. The molecular formula is C11H15NO3S2. The number of thiophene rings is 1. The van der Waals surface area contributed by atoms with E-state index in [9.17, 15) is 9.59 Å². The second-order valence-electron chi connectivity index (χ2n) is 3.81. The van der Waals surface area contributed by atoms with Gasteiger partial charge in [0.1, 0.15) is 5.00 Å². The van der Waals surface area contributed by atoms with E-state index in [1.807, 2.05) is 20.8 Å². The molecule has 4 nitrogen and oxygen atoms in total. The molecule has 0 fully saturated rings. The van der Waals surface area contributed by atoms with Gasteiger partial charge in [0, 0.05) is 4.88 Å². The maximum absolute atomic E-state index is 11.6. The third-order valence-electron chi connectivity index (χ3n) is 1.89. The molecule has 1 amide bonds. The lowest BCUT2D eigenvalue weighted by Gasteiger charge is -2.05. The van der Waals surface area contributed by atoms with E-state index >= 15 is 0 Å². The number of carbonyl (C=O) groups is 2. The Bertz CT molecular complexity index is 426. The molecule has 0 unspecified atom stereocenters. The maximum Gasteiger partial charge on any atom is 0.338 e. The largest absolute Gasteiger partial charge is 0.478 e. The van der Waals surface area contributed by atoms with Gasteiger partial charge < -0.3 is 10.4 Å². The normalized spacial score (nSPS) is 10.6. The number of nitrogens with one attached hydrogen (secondary N) is 1. The van der Waals surface area contributed by atoms with Crippen LogP contribution in [-0.2, 0) is 4.79 Å². The first kappa shape index (κ1) is 14.1. The highest BCUT2D eigenvalue weighted by Gasteiger charge is 2.15. The van der Waals surface area contributed by atoms with Crippen LogP contribution in [0.5, 0.6) is 0 Å². The minimum Gasteiger partial charge on any atom is -0.478 e. The molecule has 1 rings (SSSR count). The highest BCUT2D eigenvalue weighted by atomic mass is 32.2. The smallest absolute Gasteiger partial charge is 0.338 e. The highest BCUT2D eigenvalue weighted by Crippen LogP contribution is 2.27. The van der Waals surface area contributed by atoms with Crippen molar-refractivity contribution in [1.29, 1.82) is 0 Å². The average Bonchev–Trinajstić information content (AvgIpc) is 2.56. The molecule has 17 heavy (non-hydrogen) atoms. The summed E-state index contributed by atoms with van der Waals surface area (Å²) in [4.78, 5) is 23.4. The molecule has 0 bridgehead atoms. The number of hydrogen-bond acceptors (Lipinski definition) is 4. The zero-order valence-electron chi connectivity index (χ0n) is 9.94. The van der Waals surface area contributed by atoms with Crippen molar-refractivity contribution < 1.29 is 14.7 Å². The van der Waals surface area contributed by atoms with E-state index in [2.05, 4.69) is 5.32 Å². The molecule has 94 valence electrons. The summed E-state index contributed by atoms with van der Waals surface area (Å²) in [5.74, 6) is -0.831. The first-order chi connectivity index (χ1) is 7.90. The van der Waals surface area contributed by atoms with Gasteiger partial charge in [0.15, 0.2) is 0 Å². The fourth-order valence-electron chi connectivity index (χ4n) is 1.17. The Morgan fingerprint density at radius 1 is 1.53 bits per heavy atom. The van der Waals surface area contributed by atoms with E-state index in [1.54, 1.807) is 6.07 Å². The number of carboxylic acid groups (broad SMARTS) is 1. The van der Waals surface area contributed by atoms with Crippen LogP contribution in [0.1, 0.15) is 29.1 Å². The Kier molecular flexibility index (Phi) is 5.02. The van der Waals surface area contributed by atoms with Crippen molar-refractivity contribution >= 4 is 40.0 Å². The van der Waals surface area contributed by atoms with Crippen molar-refractivity contribution in [3.63, 3.8) is 0 Å². The van der Waals surface area contributed by atoms with Crippen LogP contribution in [0.4, 0.5) is 5.00 Å². The van der Waals surface area contributed by atoms with Crippen LogP contribution < -0.4 is 5.32 Å². The molecule has 2 N–H and O–H groups in total. The van der Waals surface area contributed by atoms with Gasteiger partial charge in [-0.2, -0.15) is 0 Å². The molecule has 0 saturated heterocycles. The molecule has 0 aliphatic carbocycles. The fraction of sp³-hybridized carbons (Fsp3) is 0.455. The lowest BCUT2D eigenvalue weighted by Crippen LogP contribution is -2.16. The van der Waals surface area contributed by atoms with Gasteiger partial charge in [-0.1, -0.05) is 13.8 Å². The van der Waals surface area contributed by atoms with Crippen molar-refractivity contribution in [2.24, 2.45) is 0 Å². The summed E-state index contributed by atoms with van der Waals surface area (Å²) in [5.41, 5.74) is 0.162. The SMILES string of the molecule is Cc1cc(C(=O)O)c(NC(=O)CSC(C)C)s1. The molecular weight excluding hydrogens is 258 g/mol. The molecule has 0 atom stereocenters. The van der Waals surface area contributed by atoms with Crippen molar-refractivity contribution in [1.82, 2.24) is 0 Å². The van der Waals surface area contributed by atoms with Crippen LogP contribution in [0.15, 0.2) is 6.07 Å². The third kappa shape index (κ3) is 4.40. The first-order valence-corrected chi connectivity index (χ1v) is 7.02. The average molecular weight is 273 g/mol. The van der Waals surface area contributed by atoms with Crippen LogP contribution in [0.25, 0.3) is 0 Å². The Morgan fingerprint density at radius 3 is 2.71 bits per heavy atom. The van der Waals surface area contributed by atoms with E-state index in [1.165, 1.54) is 23.1 Å². The second kappa shape index (κ2) is 6.07. The Balaban J connectivity index is 2.68. The van der Waals surface area contributed by atoms with Crippen molar-refractivity contribution in [3.8, 4) is 0 Å². The van der Waals surface area contributed by atoms with Crippen LogP contribution in [0.3, 0.4) is 0 Å². The van der Waals surface area contributed by atoms with Gasteiger partial charge in [-0.25, -0.2) is 4.79 Å². The number of amides is 1. The number of carboxylic acids is 1. The molecule has 0 spiro atoms. The lowest BCUT2D eigenvalue weighted by atomic mass is 10.3. The van der Waals surface area contributed by atoms with Gasteiger partial charge in [0.05, 0.1) is 11.3 Å². The van der Waals surface area contributed by atoms with Gasteiger partial charge >= 0.3 is 5.97 Å². The summed E-state index contributed by atoms with van der Waals surface area (Å²) in [7, 11) is 0. The van der Waals surface area contributed by atoms with Crippen LogP contribution in [0, 0.1) is 6.92 Å². The summed E-state index contributed by atoms with van der Waals surface area (Å²) < 4.78 is 0. The van der Waals surface area contributed by atoms with E-state index < -0.39 is 5.97 Å². The first-order valence-electron chi connectivity index (χ1n) is 5.15. The number of thioether (sulfide) groups is 1. The Hall–Kier alpha value is -1.01. The van der Waals surface area contributed by atoms with E-state index in [-0.39, 0.29) is 11.5 Å². The van der Waals surface area contributed by atoms with Gasteiger partial charge in [0.2, 0.25) is 5.91 Å². The molecule has 0 radical (unpaired) electrons. The Morgan fingerprint density at radius 2 is 2.18 bits per heavy atom. The number of rotatable bonds is 5. The molecule has 1 heterocycles. The van der Waals surface area contributed by atoms with Crippen molar-refractivity contribution in [3.05, 3.63) is 16.5 Å². The molecule has 1 aromatic rings. The zero-order chi connectivity index (χ0) is 13.0. The van der Waals surface area contributed by atoms with E-state index in [0.29, 0.717) is 16.0 Å².